The summed E-state index contributed by atoms with van der Waals surface area (Å²) in [6.45, 7) is 4.32. The zero-order valence-corrected chi connectivity index (χ0v) is 22.5. The molecule has 0 radical (unpaired) electrons. The number of esters is 1. The Balaban J connectivity index is 1.52. The first-order chi connectivity index (χ1) is 19.5. The molecule has 1 aliphatic heterocycles. The van der Waals surface area contributed by atoms with E-state index in [0.717, 1.165) is 39.6 Å². The number of ether oxygens (including phenoxy) is 1. The molecule has 8 nitrogen and oxygen atoms in total. The van der Waals surface area contributed by atoms with E-state index in [9.17, 15) is 9.59 Å². The Morgan fingerprint density at radius 1 is 0.900 bits per heavy atom. The third-order valence-electron chi connectivity index (χ3n) is 7.31. The average molecular weight is 532 g/mol. The Kier molecular flexibility index (Phi) is 6.43. The lowest BCUT2D eigenvalue weighted by Gasteiger charge is -2.31. The number of amides is 2. The number of rotatable bonds is 4. The predicted octanol–water partition coefficient (Wildman–Crippen LogP) is 6.20. The zero-order valence-electron chi connectivity index (χ0n) is 22.5. The molecular weight excluding hydrogens is 502 g/mol. The molecule has 2 amide bonds. The van der Waals surface area contributed by atoms with Gasteiger partial charge < -0.3 is 19.5 Å². The molecule has 3 aromatic carbocycles. The predicted molar refractivity (Wildman–Crippen MR) is 153 cm³/mol. The second-order valence-electron chi connectivity index (χ2n) is 9.85. The van der Waals surface area contributed by atoms with Crippen LogP contribution in [0.15, 0.2) is 97.2 Å². The van der Waals surface area contributed by atoms with E-state index < -0.39 is 12.0 Å². The second kappa shape index (κ2) is 10.2. The van der Waals surface area contributed by atoms with Gasteiger partial charge in [0.1, 0.15) is 5.82 Å². The summed E-state index contributed by atoms with van der Waals surface area (Å²) in [6.07, 6.45) is 2.02. The van der Waals surface area contributed by atoms with E-state index in [2.05, 4.69) is 34.1 Å². The van der Waals surface area contributed by atoms with Gasteiger partial charge in [-0.2, -0.15) is 5.10 Å². The summed E-state index contributed by atoms with van der Waals surface area (Å²) in [5.74, 6) is 0.379. The smallest absolute Gasteiger partial charge is 0.339 e. The van der Waals surface area contributed by atoms with Crippen molar-refractivity contribution in [2.24, 2.45) is 0 Å². The highest BCUT2D eigenvalue weighted by atomic mass is 16.5. The number of carbonyl (C=O) groups excluding carboxylic acids is 2. The normalized spacial score (nSPS) is 14.2. The van der Waals surface area contributed by atoms with Crippen molar-refractivity contribution in [3.8, 4) is 11.5 Å². The number of methoxy groups -OCH3 is 1. The number of fused-ring (bicyclic) bond motifs is 3. The van der Waals surface area contributed by atoms with Gasteiger partial charge >= 0.3 is 12.0 Å². The van der Waals surface area contributed by atoms with Crippen molar-refractivity contribution in [3.63, 3.8) is 0 Å². The van der Waals surface area contributed by atoms with E-state index in [1.165, 1.54) is 7.11 Å². The Morgan fingerprint density at radius 2 is 1.62 bits per heavy atom. The number of benzene rings is 3. The highest BCUT2D eigenvalue weighted by Crippen LogP contribution is 2.39. The van der Waals surface area contributed by atoms with Crippen LogP contribution in [-0.4, -0.2) is 38.4 Å². The number of aryl methyl sites for hydroxylation is 2. The molecule has 0 spiro atoms. The Hall–Kier alpha value is -5.11. The first kappa shape index (κ1) is 25.2. The minimum atomic E-state index is -0.516. The van der Waals surface area contributed by atoms with Crippen LogP contribution in [0.1, 0.15) is 44.5 Å². The number of anilines is 1. The molecule has 2 aromatic heterocycles. The van der Waals surface area contributed by atoms with Gasteiger partial charge in [0.25, 0.3) is 0 Å². The minimum Gasteiger partial charge on any atom is -0.465 e. The second-order valence-corrected chi connectivity index (χ2v) is 9.85. The summed E-state index contributed by atoms with van der Waals surface area (Å²) in [7, 11) is 1.33. The number of urea groups is 1. The van der Waals surface area contributed by atoms with Gasteiger partial charge in [0.15, 0.2) is 0 Å². The van der Waals surface area contributed by atoms with Crippen LogP contribution in [0, 0.1) is 13.8 Å². The number of aromatic nitrogens is 3. The molecule has 0 fully saturated rings. The Bertz CT molecular complexity index is 1700. The summed E-state index contributed by atoms with van der Waals surface area (Å²) in [4.78, 5) is 28.4. The molecule has 1 atom stereocenters. The summed E-state index contributed by atoms with van der Waals surface area (Å²) in [6, 6.07) is 28.4. The summed E-state index contributed by atoms with van der Waals surface area (Å²) < 4.78 is 9.02. The number of hydrogen-bond donors (Lipinski definition) is 1. The lowest BCUT2D eigenvalue weighted by molar-refractivity contribution is 0.0602. The fraction of sp³-hybridized carbons (Fsp3) is 0.156. The third kappa shape index (κ3) is 4.33. The van der Waals surface area contributed by atoms with Gasteiger partial charge in [0.2, 0.25) is 0 Å². The monoisotopic (exact) mass is 531 g/mol. The van der Waals surface area contributed by atoms with Crippen molar-refractivity contribution >= 4 is 17.7 Å². The maximum atomic E-state index is 14.2. The van der Waals surface area contributed by atoms with E-state index >= 15 is 0 Å². The van der Waals surface area contributed by atoms with Crippen molar-refractivity contribution in [2.45, 2.75) is 26.4 Å². The van der Waals surface area contributed by atoms with Crippen LogP contribution in [0.3, 0.4) is 0 Å². The van der Waals surface area contributed by atoms with Crippen molar-refractivity contribution in [3.05, 3.63) is 131 Å². The van der Waals surface area contributed by atoms with Gasteiger partial charge in [0, 0.05) is 11.8 Å². The molecule has 0 saturated heterocycles. The molecule has 200 valence electrons. The fourth-order valence-electron chi connectivity index (χ4n) is 5.32. The van der Waals surface area contributed by atoms with Crippen LogP contribution in [0.25, 0.3) is 11.5 Å². The van der Waals surface area contributed by atoms with Gasteiger partial charge in [0.05, 0.1) is 48.0 Å². The highest BCUT2D eigenvalue weighted by Gasteiger charge is 2.36. The first-order valence-corrected chi connectivity index (χ1v) is 13.1. The molecule has 40 heavy (non-hydrogen) atoms. The standard InChI is InChI=1S/C32H29N5O3/c1-21-15-17-23(18-16-21)29-28-14-9-19-35(28)30-26(22(2)34-37(30)24-10-5-4-6-11-24)20-36(29)32(39)33-27-13-8-7-12-25(27)31(38)40-3/h4-19,29H,20H2,1-3H3,(H,33,39). The first-order valence-electron chi connectivity index (χ1n) is 13.1. The molecule has 0 aliphatic carbocycles. The Morgan fingerprint density at radius 3 is 2.38 bits per heavy atom. The topological polar surface area (TPSA) is 81.4 Å². The van der Waals surface area contributed by atoms with Crippen molar-refractivity contribution in [1.82, 2.24) is 19.2 Å². The molecular formula is C32H29N5O3. The molecule has 0 saturated carbocycles. The number of hydrogen-bond acceptors (Lipinski definition) is 4. The quantitative estimate of drug-likeness (QED) is 0.280. The van der Waals surface area contributed by atoms with Gasteiger partial charge in [-0.15, -0.1) is 0 Å². The molecule has 0 bridgehead atoms. The highest BCUT2D eigenvalue weighted by molar-refractivity contribution is 6.01. The fourth-order valence-corrected chi connectivity index (χ4v) is 5.32. The van der Waals surface area contributed by atoms with Gasteiger partial charge in [-0.25, -0.2) is 14.3 Å². The van der Waals surface area contributed by atoms with Crippen molar-refractivity contribution in [2.75, 3.05) is 12.4 Å². The van der Waals surface area contributed by atoms with E-state index in [-0.39, 0.29) is 11.6 Å². The molecule has 1 N–H and O–H groups in total. The van der Waals surface area contributed by atoms with Gasteiger partial charge in [-0.1, -0.05) is 60.2 Å². The summed E-state index contributed by atoms with van der Waals surface area (Å²) in [5.41, 5.74) is 6.41. The molecule has 1 unspecified atom stereocenters. The third-order valence-corrected chi connectivity index (χ3v) is 7.31. The summed E-state index contributed by atoms with van der Waals surface area (Å²) >= 11 is 0. The number of nitrogens with zero attached hydrogens (tertiary/aromatic N) is 4. The largest absolute Gasteiger partial charge is 0.465 e. The molecule has 5 aromatic rings. The van der Waals surface area contributed by atoms with Crippen LogP contribution in [-0.2, 0) is 11.3 Å². The van der Waals surface area contributed by atoms with Gasteiger partial charge in [-0.05, 0) is 55.8 Å². The van der Waals surface area contributed by atoms with Crippen LogP contribution in [0.5, 0.6) is 0 Å². The lowest BCUT2D eigenvalue weighted by Crippen LogP contribution is -2.38. The van der Waals surface area contributed by atoms with Crippen LogP contribution in [0.4, 0.5) is 10.5 Å². The number of para-hydroxylation sites is 2. The zero-order chi connectivity index (χ0) is 27.8. The minimum absolute atomic E-state index is 0.289. The van der Waals surface area contributed by atoms with Crippen LogP contribution >= 0.6 is 0 Å². The Labute approximate surface area is 232 Å². The maximum Gasteiger partial charge on any atom is 0.339 e. The maximum absolute atomic E-state index is 14.2. The molecule has 8 heteroatoms. The van der Waals surface area contributed by atoms with E-state index in [0.29, 0.717) is 12.2 Å². The van der Waals surface area contributed by atoms with Crippen molar-refractivity contribution in [1.29, 1.82) is 0 Å². The molecule has 1 aliphatic rings. The van der Waals surface area contributed by atoms with Crippen LogP contribution < -0.4 is 5.32 Å². The van der Waals surface area contributed by atoms with E-state index in [4.69, 9.17) is 9.84 Å². The lowest BCUT2D eigenvalue weighted by atomic mass is 10.0. The average Bonchev–Trinajstić information content (AvgIpc) is 3.54. The number of carbonyl (C=O) groups is 2. The molecule has 6 rings (SSSR count). The van der Waals surface area contributed by atoms with Crippen LogP contribution in [0.2, 0.25) is 0 Å². The number of nitrogens with one attached hydrogen (secondary N) is 1. The van der Waals surface area contributed by atoms with Crippen molar-refractivity contribution < 1.29 is 14.3 Å². The SMILES string of the molecule is COC(=O)c1ccccc1NC(=O)N1Cc2c(C)nn(-c3ccccc3)c2-n2cccc2C1c1ccc(C)cc1. The summed E-state index contributed by atoms with van der Waals surface area (Å²) in [5, 5.41) is 7.89. The van der Waals surface area contributed by atoms with Gasteiger partial charge in [-0.3, -0.25) is 0 Å². The molecule has 3 heterocycles. The van der Waals surface area contributed by atoms with E-state index in [1.807, 2.05) is 67.2 Å². The van der Waals surface area contributed by atoms with E-state index in [1.54, 1.807) is 29.2 Å².